The fourth-order valence-corrected chi connectivity index (χ4v) is 0.0968. The topological polar surface area (TPSA) is 41.1 Å². The van der Waals surface area contributed by atoms with E-state index >= 15 is 0 Å². The highest BCUT2D eigenvalue weighted by Gasteiger charge is 1.82. The van der Waals surface area contributed by atoms with Crippen molar-refractivity contribution >= 4 is 26.8 Å². The third-order valence-corrected chi connectivity index (χ3v) is 0.436. The van der Waals surface area contributed by atoms with E-state index < -0.39 is 6.03 Å². The van der Waals surface area contributed by atoms with Gasteiger partial charge in [0.25, 0.3) is 0 Å². The first-order valence-corrected chi connectivity index (χ1v) is 1.66. The average molecular weight is 102 g/mol. The number of urea groups is 1. The molecule has 0 spiro atoms. The van der Waals surface area contributed by atoms with Crippen LogP contribution in [0.2, 0.25) is 0 Å². The number of hydrogen-bond donors (Lipinski definition) is 3. The van der Waals surface area contributed by atoms with E-state index in [1.54, 1.807) is 5.23 Å². The fraction of sp³-hybridized carbons (Fsp3) is 0. The summed E-state index contributed by atoms with van der Waals surface area (Å²) in [5, 5.41) is 1.79. The highest BCUT2D eigenvalue weighted by atomic mass is 32.1. The lowest BCUT2D eigenvalue weighted by Crippen LogP contribution is -2.26. The van der Waals surface area contributed by atoms with Gasteiger partial charge in [-0.05, 0) is 0 Å². The van der Waals surface area contributed by atoms with E-state index in [0.717, 1.165) is 0 Å². The number of nitrogens with one attached hydrogen (secondary N) is 2. The molecule has 0 aliphatic rings. The quantitative estimate of drug-likeness (QED) is 0.272. The van der Waals surface area contributed by atoms with Crippen LogP contribution < -0.4 is 9.95 Å². The van der Waals surface area contributed by atoms with Gasteiger partial charge in [-0.1, -0.05) is 12.8 Å². The third-order valence-electron chi connectivity index (χ3n) is 0.233. The summed E-state index contributed by atoms with van der Waals surface area (Å²) in [6.07, 6.45) is 0. The van der Waals surface area contributed by atoms with Gasteiger partial charge in [0.1, 0.15) is 0 Å². The van der Waals surface area contributed by atoms with Crippen LogP contribution in [-0.2, 0) is 0 Å². The summed E-state index contributed by atoms with van der Waals surface area (Å²) in [6, 6.07) is -0.515. The molecule has 0 saturated heterocycles. The van der Waals surface area contributed by atoms with Gasteiger partial charge in [-0.2, -0.15) is 0 Å². The van der Waals surface area contributed by atoms with Crippen LogP contribution in [0, 0.1) is 0 Å². The van der Waals surface area contributed by atoms with E-state index in [1.807, 2.05) is 4.72 Å². The second kappa shape index (κ2) is 2.90. The zero-order valence-electron chi connectivity index (χ0n) is 2.93. The van der Waals surface area contributed by atoms with Gasteiger partial charge in [-0.25, -0.2) is 4.79 Å². The fourth-order valence-electron chi connectivity index (χ4n) is 0.0323. The normalized spacial score (nSPS) is 6.83. The molecule has 2 radical (unpaired) electrons. The van der Waals surface area contributed by atoms with Gasteiger partial charge in [0, 0.05) is 0 Å². The maximum atomic E-state index is 9.76. The van der Waals surface area contributed by atoms with Crippen LogP contribution >= 0.6 is 12.8 Å². The number of hydrogen-bond acceptors (Lipinski definition) is 2. The Morgan fingerprint density at radius 3 is 2.33 bits per heavy atom. The van der Waals surface area contributed by atoms with Gasteiger partial charge < -0.3 is 5.23 Å². The number of carbonyl (C=O) groups is 1. The zero-order chi connectivity index (χ0) is 4.99. The molecule has 32 valence electrons. The Kier molecular flexibility index (Phi) is 2.75. The lowest BCUT2D eigenvalue weighted by Gasteiger charge is -1.90. The highest BCUT2D eigenvalue weighted by Crippen LogP contribution is 1.58. The van der Waals surface area contributed by atoms with E-state index in [1.165, 1.54) is 0 Å². The Bertz CT molecular complexity index is 51.5. The number of rotatable bonds is 0. The standard InChI is InChI=1S/CH3BN2OS/c2-3-1(5)4-6/h6H,(H2,3,4,5). The number of carbonyl (C=O) groups excluding carboxylic acids is 1. The van der Waals surface area contributed by atoms with E-state index in [-0.39, 0.29) is 0 Å². The molecule has 0 aromatic heterocycles. The van der Waals surface area contributed by atoms with Crippen molar-refractivity contribution in [2.45, 2.75) is 0 Å². The van der Waals surface area contributed by atoms with Gasteiger partial charge in [0.15, 0.2) is 0 Å². The van der Waals surface area contributed by atoms with Gasteiger partial charge in [-0.3, -0.25) is 4.72 Å². The summed E-state index contributed by atoms with van der Waals surface area (Å²) in [5.41, 5.74) is 0. The van der Waals surface area contributed by atoms with Crippen molar-refractivity contribution < 1.29 is 4.79 Å². The number of thiol groups is 1. The smallest absolute Gasteiger partial charge is 0.311 e. The first kappa shape index (κ1) is 5.68. The van der Waals surface area contributed by atoms with Crippen molar-refractivity contribution in [1.29, 1.82) is 0 Å². The Balaban J connectivity index is 2.99. The van der Waals surface area contributed by atoms with Gasteiger partial charge in [0.2, 0.25) is 7.98 Å². The lowest BCUT2D eigenvalue weighted by molar-refractivity contribution is 0.251. The minimum absolute atomic E-state index is 0.515. The Labute approximate surface area is 42.5 Å². The monoisotopic (exact) mass is 102 g/mol. The van der Waals surface area contributed by atoms with E-state index in [0.29, 0.717) is 0 Å². The largest absolute Gasteiger partial charge is 0.391 e. The summed E-state index contributed by atoms with van der Waals surface area (Å²) < 4.78 is 1.93. The molecule has 0 aromatic rings. The van der Waals surface area contributed by atoms with Gasteiger partial charge in [0.05, 0.1) is 0 Å². The lowest BCUT2D eigenvalue weighted by atomic mass is 10.4. The summed E-state index contributed by atoms with van der Waals surface area (Å²) in [6.45, 7) is 0. The zero-order valence-corrected chi connectivity index (χ0v) is 3.83. The molecular weight excluding hydrogens is 98.9 g/mol. The van der Waals surface area contributed by atoms with Crippen LogP contribution in [0.1, 0.15) is 0 Å². The minimum atomic E-state index is -0.515. The van der Waals surface area contributed by atoms with Crippen LogP contribution in [0.4, 0.5) is 4.79 Å². The van der Waals surface area contributed by atoms with E-state index in [9.17, 15) is 4.79 Å². The predicted octanol–water partition coefficient (Wildman–Crippen LogP) is -0.786. The summed E-state index contributed by atoms with van der Waals surface area (Å²) in [7, 11) is 4.57. The van der Waals surface area contributed by atoms with Crippen LogP contribution in [0.5, 0.6) is 0 Å². The SMILES string of the molecule is [B]NC(=O)NS. The highest BCUT2D eigenvalue weighted by molar-refractivity contribution is 7.78. The summed E-state index contributed by atoms with van der Waals surface area (Å²) in [5.74, 6) is 0. The molecule has 5 heteroatoms. The maximum Gasteiger partial charge on any atom is 0.311 e. The molecule has 2 N–H and O–H groups in total. The third kappa shape index (κ3) is 1.96. The molecule has 6 heavy (non-hydrogen) atoms. The van der Waals surface area contributed by atoms with Crippen molar-refractivity contribution in [2.75, 3.05) is 0 Å². The first-order chi connectivity index (χ1) is 2.81. The molecule has 0 fully saturated rings. The molecule has 0 aliphatic heterocycles. The molecular formula is CH3BN2OS. The van der Waals surface area contributed by atoms with Crippen molar-refractivity contribution in [2.24, 2.45) is 0 Å². The molecule has 0 rings (SSSR count). The second-order valence-corrected chi connectivity index (χ2v) is 0.809. The predicted molar refractivity (Wildman–Crippen MR) is 26.4 cm³/mol. The molecule has 0 saturated carbocycles. The second-order valence-electron chi connectivity index (χ2n) is 0.585. The van der Waals surface area contributed by atoms with Crippen LogP contribution in [0.25, 0.3) is 0 Å². The van der Waals surface area contributed by atoms with Gasteiger partial charge in [-0.15, -0.1) is 0 Å². The Morgan fingerprint density at radius 2 is 2.33 bits per heavy atom. The first-order valence-electron chi connectivity index (χ1n) is 1.22. The minimum Gasteiger partial charge on any atom is -0.391 e. The van der Waals surface area contributed by atoms with Crippen molar-refractivity contribution in [3.05, 3.63) is 0 Å². The molecule has 2 amide bonds. The Hall–Kier alpha value is -0.315. The van der Waals surface area contributed by atoms with Crippen LogP contribution in [0.3, 0.4) is 0 Å². The molecule has 0 aliphatic carbocycles. The van der Waals surface area contributed by atoms with E-state index in [2.05, 4.69) is 20.8 Å². The molecule has 0 bridgehead atoms. The summed E-state index contributed by atoms with van der Waals surface area (Å²) in [4.78, 5) is 9.76. The molecule has 0 aromatic carbocycles. The molecule has 0 atom stereocenters. The molecule has 0 heterocycles. The van der Waals surface area contributed by atoms with Crippen LogP contribution in [0.15, 0.2) is 0 Å². The maximum absolute atomic E-state index is 9.76. The molecule has 3 nitrogen and oxygen atoms in total. The average Bonchev–Trinajstić information content (AvgIpc) is 1.65. The van der Waals surface area contributed by atoms with E-state index in [4.69, 9.17) is 0 Å². The van der Waals surface area contributed by atoms with Crippen molar-refractivity contribution in [1.82, 2.24) is 9.95 Å². The van der Waals surface area contributed by atoms with Gasteiger partial charge >= 0.3 is 6.03 Å². The van der Waals surface area contributed by atoms with Crippen molar-refractivity contribution in [3.8, 4) is 0 Å². The van der Waals surface area contributed by atoms with Crippen LogP contribution in [-0.4, -0.2) is 14.0 Å². The summed E-state index contributed by atoms with van der Waals surface area (Å²) >= 11 is 3.35. The van der Waals surface area contributed by atoms with Crippen molar-refractivity contribution in [3.63, 3.8) is 0 Å². The molecule has 0 unspecified atom stereocenters. The Morgan fingerprint density at radius 1 is 1.83 bits per heavy atom. The number of amides is 2.